The van der Waals surface area contributed by atoms with Gasteiger partial charge in [-0.05, 0) is 36.8 Å². The SMILES string of the molecule is COC(=O)c1ccc(/C=N\NC(=O)[C@H](C)Sc2ccccc2)cc1. The number of ether oxygens (including phenoxy) is 1. The second-order valence-electron chi connectivity index (χ2n) is 4.92. The Morgan fingerprint density at radius 3 is 2.42 bits per heavy atom. The van der Waals surface area contributed by atoms with Gasteiger partial charge in [-0.25, -0.2) is 10.2 Å². The molecule has 2 aromatic rings. The molecule has 5 nitrogen and oxygen atoms in total. The fraction of sp³-hybridized carbons (Fsp3) is 0.167. The van der Waals surface area contributed by atoms with Gasteiger partial charge in [0.1, 0.15) is 0 Å². The molecule has 0 aliphatic heterocycles. The summed E-state index contributed by atoms with van der Waals surface area (Å²) >= 11 is 1.47. The van der Waals surface area contributed by atoms with E-state index in [0.29, 0.717) is 5.56 Å². The Hall–Kier alpha value is -2.60. The summed E-state index contributed by atoms with van der Waals surface area (Å²) in [4.78, 5) is 24.4. The summed E-state index contributed by atoms with van der Waals surface area (Å²) in [5, 5.41) is 3.69. The molecule has 2 rings (SSSR count). The largest absolute Gasteiger partial charge is 0.465 e. The van der Waals surface area contributed by atoms with Gasteiger partial charge in [-0.3, -0.25) is 4.79 Å². The monoisotopic (exact) mass is 342 g/mol. The van der Waals surface area contributed by atoms with Crippen LogP contribution in [0.4, 0.5) is 0 Å². The van der Waals surface area contributed by atoms with Crippen molar-refractivity contribution in [2.75, 3.05) is 7.11 Å². The number of nitrogens with zero attached hydrogens (tertiary/aromatic N) is 1. The highest BCUT2D eigenvalue weighted by Crippen LogP contribution is 2.22. The average Bonchev–Trinajstić information content (AvgIpc) is 2.62. The van der Waals surface area contributed by atoms with Crippen molar-refractivity contribution in [1.29, 1.82) is 0 Å². The molecule has 1 atom stereocenters. The summed E-state index contributed by atoms with van der Waals surface area (Å²) in [6, 6.07) is 16.5. The molecule has 0 radical (unpaired) electrons. The van der Waals surface area contributed by atoms with Gasteiger partial charge in [0.15, 0.2) is 0 Å². The van der Waals surface area contributed by atoms with E-state index in [1.807, 2.05) is 37.3 Å². The maximum Gasteiger partial charge on any atom is 0.337 e. The highest BCUT2D eigenvalue weighted by Gasteiger charge is 2.13. The number of hydrogen-bond acceptors (Lipinski definition) is 5. The number of nitrogens with one attached hydrogen (secondary N) is 1. The van der Waals surface area contributed by atoms with Gasteiger partial charge in [0, 0.05) is 4.90 Å². The van der Waals surface area contributed by atoms with E-state index in [0.717, 1.165) is 10.5 Å². The number of esters is 1. The van der Waals surface area contributed by atoms with E-state index in [4.69, 9.17) is 0 Å². The number of hydrazone groups is 1. The number of methoxy groups -OCH3 is 1. The number of amides is 1. The van der Waals surface area contributed by atoms with E-state index < -0.39 is 5.97 Å². The minimum atomic E-state index is -0.390. The van der Waals surface area contributed by atoms with Crippen LogP contribution in [0.15, 0.2) is 64.6 Å². The second kappa shape index (κ2) is 8.88. The van der Waals surface area contributed by atoms with Crippen molar-refractivity contribution in [1.82, 2.24) is 5.43 Å². The van der Waals surface area contributed by atoms with Gasteiger partial charge in [-0.2, -0.15) is 5.10 Å². The predicted octanol–water partition coefficient (Wildman–Crippen LogP) is 3.10. The van der Waals surface area contributed by atoms with Crippen molar-refractivity contribution in [2.45, 2.75) is 17.1 Å². The summed E-state index contributed by atoms with van der Waals surface area (Å²) in [5.74, 6) is -0.565. The first-order valence-corrected chi connectivity index (χ1v) is 8.21. The summed E-state index contributed by atoms with van der Waals surface area (Å²) in [6.07, 6.45) is 1.53. The molecule has 0 fully saturated rings. The molecule has 0 aromatic heterocycles. The van der Waals surface area contributed by atoms with Gasteiger partial charge in [0.25, 0.3) is 5.91 Å². The number of thioether (sulfide) groups is 1. The molecule has 0 aliphatic rings. The standard InChI is InChI=1S/C18H18N2O3S/c1-13(24-16-6-4-3-5-7-16)17(21)20-19-12-14-8-10-15(11-9-14)18(22)23-2/h3-13H,1-2H3,(H,20,21)/b19-12-/t13-/m0/s1. The van der Waals surface area contributed by atoms with Crippen LogP contribution in [0.3, 0.4) is 0 Å². The Bertz CT molecular complexity index is 715. The first-order valence-electron chi connectivity index (χ1n) is 7.33. The van der Waals surface area contributed by atoms with Crippen LogP contribution in [-0.4, -0.2) is 30.5 Å². The Kier molecular flexibility index (Phi) is 6.57. The lowest BCUT2D eigenvalue weighted by molar-refractivity contribution is -0.120. The lowest BCUT2D eigenvalue weighted by atomic mass is 10.1. The van der Waals surface area contributed by atoms with Gasteiger partial charge in [-0.1, -0.05) is 30.3 Å². The lowest BCUT2D eigenvalue weighted by Gasteiger charge is -2.09. The van der Waals surface area contributed by atoms with Crippen LogP contribution in [-0.2, 0) is 9.53 Å². The molecule has 0 spiro atoms. The van der Waals surface area contributed by atoms with Crippen LogP contribution in [0.2, 0.25) is 0 Å². The quantitative estimate of drug-likeness (QED) is 0.379. The van der Waals surface area contributed by atoms with Crippen molar-refractivity contribution in [3.8, 4) is 0 Å². The topological polar surface area (TPSA) is 67.8 Å². The average molecular weight is 342 g/mol. The molecule has 1 N–H and O–H groups in total. The van der Waals surface area contributed by atoms with Crippen molar-refractivity contribution >= 4 is 29.9 Å². The maximum atomic E-state index is 12.0. The maximum absolute atomic E-state index is 12.0. The number of rotatable bonds is 6. The van der Waals surface area contributed by atoms with Crippen molar-refractivity contribution in [3.63, 3.8) is 0 Å². The zero-order valence-corrected chi connectivity index (χ0v) is 14.2. The van der Waals surface area contributed by atoms with Crippen molar-refractivity contribution < 1.29 is 14.3 Å². The normalized spacial score (nSPS) is 11.9. The van der Waals surface area contributed by atoms with Crippen LogP contribution < -0.4 is 5.43 Å². The molecule has 0 saturated carbocycles. The Labute approximate surface area is 145 Å². The second-order valence-corrected chi connectivity index (χ2v) is 6.34. The Balaban J connectivity index is 1.86. The van der Waals surface area contributed by atoms with E-state index in [1.165, 1.54) is 25.1 Å². The molecular formula is C18H18N2O3S. The number of hydrogen-bond donors (Lipinski definition) is 1. The molecule has 2 aromatic carbocycles. The van der Waals surface area contributed by atoms with Gasteiger partial charge in [-0.15, -0.1) is 11.8 Å². The molecule has 0 unspecified atom stereocenters. The number of carbonyl (C=O) groups is 2. The van der Waals surface area contributed by atoms with Crippen molar-refractivity contribution in [3.05, 3.63) is 65.7 Å². The summed E-state index contributed by atoms with van der Waals surface area (Å²) in [7, 11) is 1.34. The van der Waals surface area contributed by atoms with Gasteiger partial charge in [0.05, 0.1) is 24.1 Å². The van der Waals surface area contributed by atoms with Crippen LogP contribution in [0.5, 0.6) is 0 Å². The zero-order valence-electron chi connectivity index (χ0n) is 13.4. The first kappa shape index (κ1) is 17.7. The minimum absolute atomic E-state index is 0.175. The van der Waals surface area contributed by atoms with E-state index >= 15 is 0 Å². The van der Waals surface area contributed by atoms with E-state index in [9.17, 15) is 9.59 Å². The fourth-order valence-corrected chi connectivity index (χ4v) is 2.72. The third-order valence-electron chi connectivity index (χ3n) is 3.15. The minimum Gasteiger partial charge on any atom is -0.465 e. The van der Waals surface area contributed by atoms with E-state index in [1.54, 1.807) is 24.3 Å². The fourth-order valence-electron chi connectivity index (χ4n) is 1.84. The van der Waals surface area contributed by atoms with Crippen LogP contribution >= 0.6 is 11.8 Å². The van der Waals surface area contributed by atoms with Crippen LogP contribution in [0.25, 0.3) is 0 Å². The summed E-state index contributed by atoms with van der Waals surface area (Å²) in [6.45, 7) is 1.83. The Morgan fingerprint density at radius 2 is 1.79 bits per heavy atom. The number of carbonyl (C=O) groups excluding carboxylic acids is 2. The van der Waals surface area contributed by atoms with E-state index in [2.05, 4.69) is 15.3 Å². The molecule has 1 amide bonds. The molecule has 0 bridgehead atoms. The molecule has 0 saturated heterocycles. The van der Waals surface area contributed by atoms with Gasteiger partial charge >= 0.3 is 5.97 Å². The number of benzene rings is 2. The molecule has 124 valence electrons. The third kappa shape index (κ3) is 5.24. The lowest BCUT2D eigenvalue weighted by Crippen LogP contribution is -2.26. The smallest absolute Gasteiger partial charge is 0.337 e. The highest BCUT2D eigenvalue weighted by molar-refractivity contribution is 8.00. The van der Waals surface area contributed by atoms with Crippen LogP contribution in [0, 0.1) is 0 Å². The zero-order chi connectivity index (χ0) is 17.4. The van der Waals surface area contributed by atoms with Gasteiger partial charge < -0.3 is 4.74 Å². The third-order valence-corrected chi connectivity index (χ3v) is 4.26. The molecule has 0 heterocycles. The molecule has 6 heteroatoms. The van der Waals surface area contributed by atoms with E-state index in [-0.39, 0.29) is 11.2 Å². The molecule has 24 heavy (non-hydrogen) atoms. The molecular weight excluding hydrogens is 324 g/mol. The predicted molar refractivity (Wildman–Crippen MR) is 95.3 cm³/mol. The van der Waals surface area contributed by atoms with Gasteiger partial charge in [0.2, 0.25) is 0 Å². The molecule has 0 aliphatic carbocycles. The van der Waals surface area contributed by atoms with Crippen LogP contribution in [0.1, 0.15) is 22.8 Å². The summed E-state index contributed by atoms with van der Waals surface area (Å²) in [5.41, 5.74) is 3.75. The Morgan fingerprint density at radius 1 is 1.12 bits per heavy atom. The van der Waals surface area contributed by atoms with Crippen molar-refractivity contribution in [2.24, 2.45) is 5.10 Å². The summed E-state index contributed by atoms with van der Waals surface area (Å²) < 4.78 is 4.63. The first-order chi connectivity index (χ1) is 11.6. The highest BCUT2D eigenvalue weighted by atomic mass is 32.2.